The number of hydrogen-bond donors (Lipinski definition) is 0. The molecule has 0 unspecified atom stereocenters. The van der Waals surface area contributed by atoms with Crippen molar-refractivity contribution in [1.29, 1.82) is 0 Å². The molecular weight excluding hydrogens is 148 g/mol. The summed E-state index contributed by atoms with van der Waals surface area (Å²) in [6.45, 7) is 12.3. The summed E-state index contributed by atoms with van der Waals surface area (Å²) in [5.74, 6) is 0. The molecular formula is C10H20N2. The predicted molar refractivity (Wildman–Crippen MR) is 52.6 cm³/mol. The van der Waals surface area contributed by atoms with Gasteiger partial charge in [0.15, 0.2) is 0 Å². The summed E-state index contributed by atoms with van der Waals surface area (Å²) < 4.78 is 0. The van der Waals surface area contributed by atoms with Gasteiger partial charge in [-0.05, 0) is 27.2 Å². The first kappa shape index (κ1) is 9.43. The molecule has 0 fully saturated rings. The van der Waals surface area contributed by atoms with Crippen LogP contribution in [-0.4, -0.2) is 29.6 Å². The van der Waals surface area contributed by atoms with Crippen molar-refractivity contribution >= 4 is 0 Å². The van der Waals surface area contributed by atoms with Crippen LogP contribution in [0.3, 0.4) is 0 Å². The van der Waals surface area contributed by atoms with E-state index in [9.17, 15) is 0 Å². The van der Waals surface area contributed by atoms with E-state index in [1.165, 1.54) is 11.4 Å². The number of rotatable bonds is 3. The molecule has 1 rings (SSSR count). The van der Waals surface area contributed by atoms with Crippen molar-refractivity contribution in [2.75, 3.05) is 19.8 Å². The number of nitrogens with zero attached hydrogens (tertiary/aromatic N) is 2. The minimum absolute atomic E-state index is 1.10. The molecule has 0 atom stereocenters. The molecule has 0 aromatic carbocycles. The molecule has 0 N–H and O–H groups in total. The summed E-state index contributed by atoms with van der Waals surface area (Å²) in [6, 6.07) is 0. The molecule has 12 heavy (non-hydrogen) atoms. The lowest BCUT2D eigenvalue weighted by atomic mass is 10.2. The van der Waals surface area contributed by atoms with E-state index in [4.69, 9.17) is 0 Å². The average Bonchev–Trinajstić information content (AvgIpc) is 2.41. The highest BCUT2D eigenvalue weighted by Crippen LogP contribution is 2.24. The normalized spacial score (nSPS) is 18.0. The zero-order chi connectivity index (χ0) is 9.14. The highest BCUT2D eigenvalue weighted by atomic mass is 15.4. The largest absolute Gasteiger partial charge is 0.356 e. The van der Waals surface area contributed by atoms with Gasteiger partial charge in [0.2, 0.25) is 0 Å². The van der Waals surface area contributed by atoms with E-state index in [2.05, 4.69) is 37.5 Å². The Hall–Kier alpha value is -0.660. The lowest BCUT2D eigenvalue weighted by molar-refractivity contribution is 0.260. The molecule has 0 saturated carbocycles. The van der Waals surface area contributed by atoms with Crippen LogP contribution in [0.4, 0.5) is 0 Å². The van der Waals surface area contributed by atoms with Crippen molar-refractivity contribution in [2.45, 2.75) is 34.1 Å². The van der Waals surface area contributed by atoms with Crippen LogP contribution in [0.1, 0.15) is 34.1 Å². The summed E-state index contributed by atoms with van der Waals surface area (Å²) in [5, 5.41) is 0. The average molecular weight is 168 g/mol. The molecule has 0 bridgehead atoms. The fraction of sp³-hybridized carbons (Fsp3) is 0.800. The Balaban J connectivity index is 2.77. The second kappa shape index (κ2) is 3.83. The van der Waals surface area contributed by atoms with Crippen molar-refractivity contribution in [2.24, 2.45) is 0 Å². The third-order valence-corrected chi connectivity index (χ3v) is 2.71. The molecule has 0 aromatic rings. The molecule has 0 aliphatic carbocycles. The Morgan fingerprint density at radius 3 is 2.00 bits per heavy atom. The van der Waals surface area contributed by atoms with Crippen LogP contribution in [0, 0.1) is 0 Å². The molecule has 0 spiro atoms. The molecule has 2 heteroatoms. The topological polar surface area (TPSA) is 6.48 Å². The third kappa shape index (κ3) is 1.43. The minimum atomic E-state index is 1.10. The lowest BCUT2D eigenvalue weighted by Crippen LogP contribution is -2.27. The lowest BCUT2D eigenvalue weighted by Gasteiger charge is -2.21. The summed E-state index contributed by atoms with van der Waals surface area (Å²) in [6.07, 6.45) is 1.16. The summed E-state index contributed by atoms with van der Waals surface area (Å²) >= 11 is 0. The van der Waals surface area contributed by atoms with Crippen LogP contribution in [0.25, 0.3) is 0 Å². The van der Waals surface area contributed by atoms with Crippen LogP contribution >= 0.6 is 0 Å². The van der Waals surface area contributed by atoms with E-state index in [0.717, 1.165) is 26.2 Å². The fourth-order valence-corrected chi connectivity index (χ4v) is 1.92. The number of hydrogen-bond acceptors (Lipinski definition) is 2. The number of allylic oxidation sites excluding steroid dienone is 2. The molecule has 0 saturated heterocycles. The van der Waals surface area contributed by atoms with E-state index in [1.54, 1.807) is 0 Å². The van der Waals surface area contributed by atoms with Crippen molar-refractivity contribution in [1.82, 2.24) is 9.80 Å². The Morgan fingerprint density at radius 2 is 1.67 bits per heavy atom. The first-order chi connectivity index (χ1) is 5.74. The van der Waals surface area contributed by atoms with Gasteiger partial charge in [0.1, 0.15) is 0 Å². The molecule has 70 valence electrons. The van der Waals surface area contributed by atoms with E-state index >= 15 is 0 Å². The van der Waals surface area contributed by atoms with Gasteiger partial charge in [-0.3, -0.25) is 0 Å². The van der Waals surface area contributed by atoms with E-state index in [1.807, 2.05) is 0 Å². The zero-order valence-corrected chi connectivity index (χ0v) is 8.72. The molecule has 1 aliphatic rings. The van der Waals surface area contributed by atoms with E-state index < -0.39 is 0 Å². The molecule has 1 aliphatic heterocycles. The van der Waals surface area contributed by atoms with Gasteiger partial charge in [-0.1, -0.05) is 6.92 Å². The quantitative estimate of drug-likeness (QED) is 0.637. The third-order valence-electron chi connectivity index (χ3n) is 2.71. The van der Waals surface area contributed by atoms with Gasteiger partial charge in [-0.2, -0.15) is 0 Å². The van der Waals surface area contributed by atoms with Crippen LogP contribution in [0.5, 0.6) is 0 Å². The van der Waals surface area contributed by atoms with Crippen molar-refractivity contribution in [3.8, 4) is 0 Å². The molecule has 0 aromatic heterocycles. The van der Waals surface area contributed by atoms with Crippen LogP contribution in [0.2, 0.25) is 0 Å². The van der Waals surface area contributed by atoms with Gasteiger partial charge in [0.05, 0.1) is 6.67 Å². The van der Waals surface area contributed by atoms with Gasteiger partial charge >= 0.3 is 0 Å². The molecule has 2 nitrogen and oxygen atoms in total. The van der Waals surface area contributed by atoms with E-state index in [-0.39, 0.29) is 0 Å². The van der Waals surface area contributed by atoms with Gasteiger partial charge in [-0.15, -0.1) is 0 Å². The second-order valence-electron chi connectivity index (χ2n) is 3.24. The van der Waals surface area contributed by atoms with Gasteiger partial charge < -0.3 is 9.80 Å². The molecule has 0 amide bonds. The van der Waals surface area contributed by atoms with Gasteiger partial charge in [0.25, 0.3) is 0 Å². The predicted octanol–water partition coefficient (Wildman–Crippen LogP) is 2.24. The summed E-state index contributed by atoms with van der Waals surface area (Å²) in [4.78, 5) is 4.89. The first-order valence-corrected chi connectivity index (χ1v) is 4.94. The Kier molecular flexibility index (Phi) is 3.01. The van der Waals surface area contributed by atoms with Crippen molar-refractivity contribution < 1.29 is 0 Å². The molecule has 0 radical (unpaired) electrons. The summed E-state index contributed by atoms with van der Waals surface area (Å²) in [5.41, 5.74) is 3.00. The first-order valence-electron chi connectivity index (χ1n) is 4.94. The molecule has 1 heterocycles. The highest BCUT2D eigenvalue weighted by Gasteiger charge is 2.21. The standard InChI is InChI=1S/C10H20N2/c1-5-10-9(4)11(6-2)8-12(10)7-3/h5-8H2,1-4H3. The Bertz CT molecular complexity index is 184. The maximum absolute atomic E-state index is 2.46. The monoisotopic (exact) mass is 168 g/mol. The SMILES string of the molecule is CCC1=C(C)N(CC)CN1CC. The van der Waals surface area contributed by atoms with Crippen LogP contribution < -0.4 is 0 Å². The maximum atomic E-state index is 2.46. The van der Waals surface area contributed by atoms with Crippen molar-refractivity contribution in [3.63, 3.8) is 0 Å². The smallest absolute Gasteiger partial charge is 0.0898 e. The van der Waals surface area contributed by atoms with Gasteiger partial charge in [0, 0.05) is 24.5 Å². The van der Waals surface area contributed by atoms with Crippen LogP contribution in [-0.2, 0) is 0 Å². The highest BCUT2D eigenvalue weighted by molar-refractivity contribution is 5.15. The van der Waals surface area contributed by atoms with E-state index in [0.29, 0.717) is 0 Å². The summed E-state index contributed by atoms with van der Waals surface area (Å²) in [7, 11) is 0. The van der Waals surface area contributed by atoms with Crippen molar-refractivity contribution in [3.05, 3.63) is 11.4 Å². The minimum Gasteiger partial charge on any atom is -0.356 e. The second-order valence-corrected chi connectivity index (χ2v) is 3.24. The maximum Gasteiger partial charge on any atom is 0.0898 e. The van der Waals surface area contributed by atoms with Gasteiger partial charge in [-0.25, -0.2) is 0 Å². The Labute approximate surface area is 75.8 Å². The zero-order valence-electron chi connectivity index (χ0n) is 8.72. The fourth-order valence-electron chi connectivity index (χ4n) is 1.92. The van der Waals surface area contributed by atoms with Crippen LogP contribution in [0.15, 0.2) is 11.4 Å². The Morgan fingerprint density at radius 1 is 1.08 bits per heavy atom.